The van der Waals surface area contributed by atoms with Gasteiger partial charge in [-0.1, -0.05) is 0 Å². The zero-order valence-electron chi connectivity index (χ0n) is 11.1. The molecule has 1 fully saturated rings. The topological polar surface area (TPSA) is 67.6 Å². The predicted octanol–water partition coefficient (Wildman–Crippen LogP) is 1.13. The lowest BCUT2D eigenvalue weighted by Gasteiger charge is -2.26. The molecule has 1 heterocycles. The molecule has 0 bridgehead atoms. The zero-order valence-corrected chi connectivity index (χ0v) is 11.1. The summed E-state index contributed by atoms with van der Waals surface area (Å²) in [6, 6.07) is 2.44. The molecule has 1 amide bonds. The van der Waals surface area contributed by atoms with Crippen LogP contribution in [-0.2, 0) is 4.79 Å². The number of methoxy groups -OCH3 is 1. The quantitative estimate of drug-likeness (QED) is 0.806. The van der Waals surface area contributed by atoms with Crippen molar-refractivity contribution in [2.45, 2.75) is 18.9 Å². The molecule has 1 aromatic rings. The van der Waals surface area contributed by atoms with Crippen molar-refractivity contribution in [2.24, 2.45) is 0 Å². The maximum atomic E-state index is 14.1. The van der Waals surface area contributed by atoms with Gasteiger partial charge in [-0.25, -0.2) is 4.39 Å². The van der Waals surface area contributed by atoms with Crippen LogP contribution in [0.4, 0.5) is 15.8 Å². The Labute approximate surface area is 111 Å². The van der Waals surface area contributed by atoms with Gasteiger partial charge in [-0.3, -0.25) is 4.79 Å². The van der Waals surface area contributed by atoms with Gasteiger partial charge in [-0.15, -0.1) is 0 Å². The average molecular weight is 267 g/mol. The van der Waals surface area contributed by atoms with Crippen LogP contribution in [0, 0.1) is 5.82 Å². The largest absolute Gasteiger partial charge is 0.495 e. The van der Waals surface area contributed by atoms with E-state index < -0.39 is 5.82 Å². The molecular weight excluding hydrogens is 249 g/mol. The summed E-state index contributed by atoms with van der Waals surface area (Å²) in [5, 5.41) is 2.61. The number of nitrogens with one attached hydrogen (secondary N) is 1. The van der Waals surface area contributed by atoms with Crippen molar-refractivity contribution in [1.29, 1.82) is 0 Å². The summed E-state index contributed by atoms with van der Waals surface area (Å²) < 4.78 is 19.2. The van der Waals surface area contributed by atoms with Crippen molar-refractivity contribution >= 4 is 17.3 Å². The molecule has 0 aromatic heterocycles. The summed E-state index contributed by atoms with van der Waals surface area (Å²) in [6.45, 7) is 0.641. The second-order valence-corrected chi connectivity index (χ2v) is 4.51. The summed E-state index contributed by atoms with van der Waals surface area (Å²) in [5.41, 5.74) is 6.27. The van der Waals surface area contributed by atoms with Crippen molar-refractivity contribution in [3.8, 4) is 5.75 Å². The lowest BCUT2D eigenvalue weighted by Crippen LogP contribution is -2.42. The van der Waals surface area contributed by atoms with E-state index in [0.29, 0.717) is 24.4 Å². The first-order chi connectivity index (χ1) is 9.08. The van der Waals surface area contributed by atoms with Crippen LogP contribution in [0.3, 0.4) is 0 Å². The van der Waals surface area contributed by atoms with Crippen LogP contribution in [0.2, 0.25) is 0 Å². The van der Waals surface area contributed by atoms with Gasteiger partial charge in [-0.2, -0.15) is 0 Å². The summed E-state index contributed by atoms with van der Waals surface area (Å²) in [6.07, 6.45) is 1.57. The molecule has 3 N–H and O–H groups in total. The molecular formula is C13H18FN3O2. The number of hydrogen-bond donors (Lipinski definition) is 2. The van der Waals surface area contributed by atoms with Crippen LogP contribution >= 0.6 is 0 Å². The van der Waals surface area contributed by atoms with Crippen molar-refractivity contribution in [3.63, 3.8) is 0 Å². The highest BCUT2D eigenvalue weighted by Gasteiger charge is 2.32. The Bertz CT molecular complexity index is 493. The second-order valence-electron chi connectivity index (χ2n) is 4.51. The van der Waals surface area contributed by atoms with E-state index in [0.717, 1.165) is 6.42 Å². The number of halogens is 1. The van der Waals surface area contributed by atoms with Gasteiger partial charge in [0, 0.05) is 25.7 Å². The number of benzene rings is 1. The number of nitrogens with zero attached hydrogens (tertiary/aromatic N) is 1. The molecule has 5 nitrogen and oxygen atoms in total. The molecule has 2 rings (SSSR count). The van der Waals surface area contributed by atoms with E-state index in [4.69, 9.17) is 10.5 Å². The van der Waals surface area contributed by atoms with Gasteiger partial charge in [0.15, 0.2) is 0 Å². The minimum Gasteiger partial charge on any atom is -0.495 e. The third-order valence-corrected chi connectivity index (χ3v) is 3.41. The Morgan fingerprint density at radius 2 is 2.32 bits per heavy atom. The SMILES string of the molecule is CNC(=O)C1CCCN1c1cc(OC)c(N)cc1F. The van der Waals surface area contributed by atoms with E-state index in [1.165, 1.54) is 13.2 Å². The fourth-order valence-corrected chi connectivity index (χ4v) is 2.45. The van der Waals surface area contributed by atoms with Crippen LogP contribution in [-0.4, -0.2) is 32.7 Å². The molecule has 0 aliphatic carbocycles. The number of nitrogen functional groups attached to an aromatic ring is 1. The molecule has 1 atom stereocenters. The zero-order chi connectivity index (χ0) is 14.0. The Morgan fingerprint density at radius 1 is 1.58 bits per heavy atom. The molecule has 19 heavy (non-hydrogen) atoms. The molecule has 104 valence electrons. The van der Waals surface area contributed by atoms with Crippen molar-refractivity contribution in [1.82, 2.24) is 5.32 Å². The molecule has 6 heteroatoms. The highest BCUT2D eigenvalue weighted by molar-refractivity contribution is 5.86. The monoisotopic (exact) mass is 267 g/mol. The fraction of sp³-hybridized carbons (Fsp3) is 0.462. The first-order valence-electron chi connectivity index (χ1n) is 6.19. The Kier molecular flexibility index (Phi) is 3.78. The van der Waals surface area contributed by atoms with E-state index in [1.807, 2.05) is 0 Å². The van der Waals surface area contributed by atoms with Crippen molar-refractivity contribution in [2.75, 3.05) is 31.3 Å². The second kappa shape index (κ2) is 5.34. The standard InChI is InChI=1S/C13H18FN3O2/c1-16-13(18)10-4-3-5-17(10)11-7-12(19-2)9(15)6-8(11)14/h6-7,10H,3-5,15H2,1-2H3,(H,16,18). The molecule has 0 saturated carbocycles. The third kappa shape index (κ3) is 2.43. The lowest BCUT2D eigenvalue weighted by molar-refractivity contribution is -0.121. The molecule has 1 aliphatic heterocycles. The number of rotatable bonds is 3. The maximum absolute atomic E-state index is 14.1. The highest BCUT2D eigenvalue weighted by Crippen LogP contribution is 2.34. The molecule has 1 aromatic carbocycles. The number of anilines is 2. The van der Waals surface area contributed by atoms with Crippen LogP contribution in [0.1, 0.15) is 12.8 Å². The summed E-state index contributed by atoms with van der Waals surface area (Å²) in [5.74, 6) is -0.124. The number of amides is 1. The maximum Gasteiger partial charge on any atom is 0.242 e. The normalized spacial score (nSPS) is 18.5. The fourth-order valence-electron chi connectivity index (χ4n) is 2.45. The van der Waals surface area contributed by atoms with Gasteiger partial charge in [0.2, 0.25) is 5.91 Å². The highest BCUT2D eigenvalue weighted by atomic mass is 19.1. The van der Waals surface area contributed by atoms with E-state index in [2.05, 4.69) is 5.32 Å². The minimum atomic E-state index is -0.436. The molecule has 0 radical (unpaired) electrons. The van der Waals surface area contributed by atoms with Crippen LogP contribution < -0.4 is 20.7 Å². The molecule has 1 aliphatic rings. The van der Waals surface area contributed by atoms with E-state index in [-0.39, 0.29) is 17.6 Å². The molecule has 0 spiro atoms. The van der Waals surface area contributed by atoms with Crippen LogP contribution in [0.5, 0.6) is 5.75 Å². The Morgan fingerprint density at radius 3 is 2.95 bits per heavy atom. The first-order valence-corrected chi connectivity index (χ1v) is 6.19. The van der Waals surface area contributed by atoms with Gasteiger partial charge in [0.1, 0.15) is 17.6 Å². The van der Waals surface area contributed by atoms with Gasteiger partial charge < -0.3 is 20.7 Å². The van der Waals surface area contributed by atoms with Crippen molar-refractivity contribution < 1.29 is 13.9 Å². The number of hydrogen-bond acceptors (Lipinski definition) is 4. The number of likely N-dealkylation sites (N-methyl/N-ethyl adjacent to an activating group) is 1. The molecule has 1 saturated heterocycles. The number of carbonyl (C=O) groups excluding carboxylic acids is 1. The van der Waals surface area contributed by atoms with Crippen molar-refractivity contribution in [3.05, 3.63) is 17.9 Å². The number of nitrogens with two attached hydrogens (primary N) is 1. The predicted molar refractivity (Wildman–Crippen MR) is 71.8 cm³/mol. The van der Waals surface area contributed by atoms with Crippen LogP contribution in [0.15, 0.2) is 12.1 Å². The van der Waals surface area contributed by atoms with Crippen LogP contribution in [0.25, 0.3) is 0 Å². The number of carbonyl (C=O) groups is 1. The Hall–Kier alpha value is -1.98. The Balaban J connectivity index is 2.37. The first kappa shape index (κ1) is 13.5. The average Bonchev–Trinajstić information content (AvgIpc) is 2.87. The van der Waals surface area contributed by atoms with Gasteiger partial charge in [-0.05, 0) is 12.8 Å². The van der Waals surface area contributed by atoms with Gasteiger partial charge >= 0.3 is 0 Å². The summed E-state index contributed by atoms with van der Waals surface area (Å²) in [4.78, 5) is 13.6. The third-order valence-electron chi connectivity index (χ3n) is 3.41. The van der Waals surface area contributed by atoms with Gasteiger partial charge in [0.05, 0.1) is 18.5 Å². The molecule has 1 unspecified atom stereocenters. The van der Waals surface area contributed by atoms with E-state index in [9.17, 15) is 9.18 Å². The summed E-state index contributed by atoms with van der Waals surface area (Å²) in [7, 11) is 3.06. The smallest absolute Gasteiger partial charge is 0.242 e. The lowest BCUT2D eigenvalue weighted by atomic mass is 10.1. The van der Waals surface area contributed by atoms with Gasteiger partial charge in [0.25, 0.3) is 0 Å². The summed E-state index contributed by atoms with van der Waals surface area (Å²) >= 11 is 0. The minimum absolute atomic E-state index is 0.104. The van der Waals surface area contributed by atoms with E-state index >= 15 is 0 Å². The van der Waals surface area contributed by atoms with E-state index in [1.54, 1.807) is 18.0 Å². The number of ether oxygens (including phenoxy) is 1.